The molecule has 0 saturated heterocycles. The van der Waals surface area contributed by atoms with E-state index in [1.165, 1.54) is 0 Å². The molecule has 2 atom stereocenters. The molecule has 3 aromatic rings. The molecule has 0 fully saturated rings. The molecule has 3 aromatic carbocycles. The Morgan fingerprint density at radius 3 is 2.32 bits per heavy atom. The molecule has 0 aliphatic heterocycles. The van der Waals surface area contributed by atoms with Gasteiger partial charge in [-0.3, -0.25) is 14.5 Å². The maximum atomic E-state index is 12.4. The molecule has 11 heteroatoms. The number of likely N-dealkylation sites (N-methyl/N-ethyl adjacent to an activating group) is 1. The Balaban J connectivity index is 1.37. The number of halogens is 1. The number of rotatable bonds is 24. The van der Waals surface area contributed by atoms with Crippen molar-refractivity contribution in [2.75, 3.05) is 44.5 Å². The summed E-state index contributed by atoms with van der Waals surface area (Å²) >= 11 is 6.59. The number of aldehydes is 3. The molecule has 1 amide bonds. The van der Waals surface area contributed by atoms with Gasteiger partial charge < -0.3 is 35.6 Å². The lowest BCUT2D eigenvalue weighted by atomic mass is 10.0. The van der Waals surface area contributed by atoms with E-state index in [1.54, 1.807) is 6.07 Å². The van der Waals surface area contributed by atoms with E-state index in [9.17, 15) is 19.2 Å². The largest absolute Gasteiger partial charge is 0.381 e. The van der Waals surface area contributed by atoms with Gasteiger partial charge in [-0.05, 0) is 79.4 Å². The molecular formula is C39H52ClN5O5. The number of carbonyl (C=O) groups is 4. The summed E-state index contributed by atoms with van der Waals surface area (Å²) in [6.45, 7) is 7.68. The maximum Gasteiger partial charge on any atom is 0.225 e. The van der Waals surface area contributed by atoms with Gasteiger partial charge in [0.15, 0.2) is 0 Å². The summed E-state index contributed by atoms with van der Waals surface area (Å²) in [5.41, 5.74) is 6.17. The molecule has 2 unspecified atom stereocenters. The van der Waals surface area contributed by atoms with Crippen molar-refractivity contribution in [1.29, 1.82) is 0 Å². The number of hydrogen-bond donors (Lipinski definition) is 4. The van der Waals surface area contributed by atoms with Crippen LogP contribution in [0.1, 0.15) is 65.7 Å². The molecule has 0 spiro atoms. The van der Waals surface area contributed by atoms with Gasteiger partial charge in [0.2, 0.25) is 5.91 Å². The van der Waals surface area contributed by atoms with Crippen molar-refractivity contribution in [1.82, 2.24) is 15.5 Å². The highest BCUT2D eigenvalue weighted by Crippen LogP contribution is 2.23. The van der Waals surface area contributed by atoms with Crippen molar-refractivity contribution in [3.05, 3.63) is 93.5 Å². The maximum absolute atomic E-state index is 12.4. The Kier molecular flexibility index (Phi) is 17.8. The summed E-state index contributed by atoms with van der Waals surface area (Å²) < 4.78 is 5.83. The normalized spacial score (nSPS) is 12.5. The Morgan fingerprint density at radius 2 is 1.66 bits per heavy atom. The topological polar surface area (TPSA) is 129 Å². The van der Waals surface area contributed by atoms with Crippen molar-refractivity contribution < 1.29 is 23.9 Å². The molecule has 0 radical (unpaired) electrons. The number of anilines is 2. The minimum Gasteiger partial charge on any atom is -0.381 e. The van der Waals surface area contributed by atoms with Gasteiger partial charge in [-0.2, -0.15) is 0 Å². The zero-order chi connectivity index (χ0) is 36.3. The summed E-state index contributed by atoms with van der Waals surface area (Å²) in [7, 11) is 3.70. The molecule has 10 nitrogen and oxygen atoms in total. The first-order valence-electron chi connectivity index (χ1n) is 17.2. The summed E-state index contributed by atoms with van der Waals surface area (Å²) in [5.74, 6) is 0.384. The third-order valence-corrected chi connectivity index (χ3v) is 9.05. The molecule has 3 rings (SSSR count). The number of nitrogens with one attached hydrogen (secondary N) is 4. The van der Waals surface area contributed by atoms with Gasteiger partial charge in [0.25, 0.3) is 0 Å². The van der Waals surface area contributed by atoms with E-state index in [0.717, 1.165) is 52.5 Å². The monoisotopic (exact) mass is 705 g/mol. The van der Waals surface area contributed by atoms with E-state index in [-0.39, 0.29) is 11.9 Å². The van der Waals surface area contributed by atoms with E-state index in [1.807, 2.05) is 73.6 Å². The number of ether oxygens (including phenoxy) is 1. The molecule has 0 bridgehead atoms. The van der Waals surface area contributed by atoms with Crippen molar-refractivity contribution in [3.8, 4) is 0 Å². The van der Waals surface area contributed by atoms with E-state index >= 15 is 0 Å². The van der Waals surface area contributed by atoms with Crippen LogP contribution in [0.3, 0.4) is 0 Å². The van der Waals surface area contributed by atoms with Crippen molar-refractivity contribution in [2.24, 2.45) is 5.92 Å². The predicted octanol–water partition coefficient (Wildman–Crippen LogP) is 5.66. The molecule has 0 aliphatic carbocycles. The van der Waals surface area contributed by atoms with E-state index in [4.69, 9.17) is 16.3 Å². The van der Waals surface area contributed by atoms with Crippen LogP contribution in [-0.2, 0) is 45.2 Å². The van der Waals surface area contributed by atoms with E-state index in [2.05, 4.69) is 35.1 Å². The van der Waals surface area contributed by atoms with Gasteiger partial charge in [-0.25, -0.2) is 0 Å². The summed E-state index contributed by atoms with van der Waals surface area (Å²) in [6, 6.07) is 19.2. The van der Waals surface area contributed by atoms with Crippen LogP contribution >= 0.6 is 11.6 Å². The van der Waals surface area contributed by atoms with Gasteiger partial charge in [0.05, 0.1) is 19.3 Å². The van der Waals surface area contributed by atoms with Crippen LogP contribution in [-0.4, -0.2) is 75.6 Å². The number of benzene rings is 3. The zero-order valence-corrected chi connectivity index (χ0v) is 30.4. The smallest absolute Gasteiger partial charge is 0.225 e. The molecule has 0 saturated carbocycles. The molecule has 0 aliphatic rings. The fourth-order valence-electron chi connectivity index (χ4n) is 5.55. The van der Waals surface area contributed by atoms with Gasteiger partial charge in [-0.15, -0.1) is 0 Å². The lowest BCUT2D eigenvalue weighted by Crippen LogP contribution is -2.34. The third-order valence-electron chi connectivity index (χ3n) is 8.69. The summed E-state index contributed by atoms with van der Waals surface area (Å²) in [6.07, 6.45) is 4.35. The van der Waals surface area contributed by atoms with Crippen molar-refractivity contribution in [3.63, 3.8) is 0 Å². The minimum absolute atomic E-state index is 0.00380. The highest BCUT2D eigenvalue weighted by molar-refractivity contribution is 6.31. The lowest BCUT2D eigenvalue weighted by Gasteiger charge is -2.24. The molecule has 270 valence electrons. The van der Waals surface area contributed by atoms with Crippen LogP contribution in [0.4, 0.5) is 11.4 Å². The van der Waals surface area contributed by atoms with Crippen LogP contribution in [0.15, 0.2) is 60.7 Å². The van der Waals surface area contributed by atoms with Crippen molar-refractivity contribution >= 4 is 47.7 Å². The first kappa shape index (κ1) is 40.5. The average molecular weight is 706 g/mol. The zero-order valence-electron chi connectivity index (χ0n) is 29.7. The standard InChI is InChI=1S/C39H52ClN5O5/c1-28(2)38(41-3)22-39(49)44-34-12-8-29(9-13-34)23-42-16-19-50-18-15-31-11-14-35(21-37(31)40)43-24-30-7-10-32(26-47)33(20-30)25-45(4)36(27-48)6-5-17-46/h7-14,17,20-21,26-28,36,38,41-43H,5-6,15-16,18-19,22-25H2,1-4H3,(H,44,49). The van der Waals surface area contributed by atoms with Crippen LogP contribution in [0.2, 0.25) is 5.02 Å². The number of amides is 1. The third kappa shape index (κ3) is 13.8. The fraction of sp³-hybridized carbons (Fsp3) is 0.436. The number of hydrogen-bond acceptors (Lipinski definition) is 9. The van der Waals surface area contributed by atoms with Gasteiger partial charge in [-0.1, -0.05) is 61.8 Å². The van der Waals surface area contributed by atoms with E-state index in [0.29, 0.717) is 81.6 Å². The molecule has 0 aromatic heterocycles. The highest BCUT2D eigenvalue weighted by Gasteiger charge is 2.17. The minimum atomic E-state index is -0.395. The fourth-order valence-corrected chi connectivity index (χ4v) is 5.83. The van der Waals surface area contributed by atoms with E-state index < -0.39 is 6.04 Å². The van der Waals surface area contributed by atoms with Crippen LogP contribution < -0.4 is 21.3 Å². The number of nitrogens with zero attached hydrogens (tertiary/aromatic N) is 1. The lowest BCUT2D eigenvalue weighted by molar-refractivity contribution is -0.117. The number of carbonyl (C=O) groups excluding carboxylic acids is 4. The molecule has 50 heavy (non-hydrogen) atoms. The SMILES string of the molecule is CNC(CC(=O)Nc1ccc(CNCCOCCc2ccc(NCc3ccc(C=O)c(CN(C)C(C=O)CCC=O)c3)cc2Cl)cc1)C(C)C. The Hall–Kier alpha value is -3.93. The Bertz CT molecular complexity index is 1520. The Morgan fingerprint density at radius 1 is 0.920 bits per heavy atom. The van der Waals surface area contributed by atoms with Crippen LogP contribution in [0, 0.1) is 5.92 Å². The first-order valence-corrected chi connectivity index (χ1v) is 17.6. The predicted molar refractivity (Wildman–Crippen MR) is 201 cm³/mol. The molecule has 0 heterocycles. The average Bonchev–Trinajstić information content (AvgIpc) is 3.11. The summed E-state index contributed by atoms with van der Waals surface area (Å²) in [5, 5.41) is 13.6. The summed E-state index contributed by atoms with van der Waals surface area (Å²) in [4.78, 5) is 48.1. The van der Waals surface area contributed by atoms with Gasteiger partial charge >= 0.3 is 0 Å². The highest BCUT2D eigenvalue weighted by atomic mass is 35.5. The first-order chi connectivity index (χ1) is 24.2. The van der Waals surface area contributed by atoms with Crippen molar-refractivity contribution in [2.45, 2.75) is 71.2 Å². The second kappa shape index (κ2) is 22.0. The van der Waals surface area contributed by atoms with Crippen LogP contribution in [0.25, 0.3) is 0 Å². The molecule has 4 N–H and O–H groups in total. The van der Waals surface area contributed by atoms with Gasteiger partial charge in [0, 0.05) is 67.0 Å². The quantitative estimate of drug-likeness (QED) is 0.0689. The second-order valence-corrected chi connectivity index (χ2v) is 13.2. The van der Waals surface area contributed by atoms with Gasteiger partial charge in [0.1, 0.15) is 18.9 Å². The second-order valence-electron chi connectivity index (χ2n) is 12.8. The van der Waals surface area contributed by atoms with Crippen LogP contribution in [0.5, 0.6) is 0 Å². The Labute approximate surface area is 301 Å². The molecular weight excluding hydrogens is 654 g/mol.